The largest absolute Gasteiger partial charge is 0.458 e. The number of nitrogens with zero attached hydrogens (tertiary/aromatic N) is 4. The summed E-state index contributed by atoms with van der Waals surface area (Å²) in [6.45, 7) is 5.16. The quantitative estimate of drug-likeness (QED) is 0.725. The Hall–Kier alpha value is -1.89. The topological polar surface area (TPSA) is 58.5 Å². The Kier molecular flexibility index (Phi) is 4.04. The summed E-state index contributed by atoms with van der Waals surface area (Å²) in [5, 5.41) is 5.58. The lowest BCUT2D eigenvalue weighted by atomic mass is 10.1. The fraction of sp³-hybridized carbons (Fsp3) is 0.412. The number of aryl methyl sites for hydroxylation is 1. The lowest BCUT2D eigenvalue weighted by Crippen LogP contribution is -2.46. The number of benzene rings is 1. The van der Waals surface area contributed by atoms with Gasteiger partial charge >= 0.3 is 0 Å². The summed E-state index contributed by atoms with van der Waals surface area (Å²) in [5.74, 6) is 2.13. The molecule has 7 heteroatoms. The van der Waals surface area contributed by atoms with E-state index in [1.807, 2.05) is 31.2 Å². The van der Waals surface area contributed by atoms with Crippen molar-refractivity contribution in [3.63, 3.8) is 0 Å². The number of rotatable bonds is 3. The number of likely N-dealkylation sites (N-methyl/N-ethyl adjacent to an activating group) is 1. The van der Waals surface area contributed by atoms with Crippen LogP contribution in [0.25, 0.3) is 11.0 Å². The third-order valence-corrected chi connectivity index (χ3v) is 4.94. The molecule has 1 aliphatic heterocycles. The Morgan fingerprint density at radius 3 is 2.88 bits per heavy atom. The summed E-state index contributed by atoms with van der Waals surface area (Å²) in [6.07, 6.45) is 0. The maximum Gasteiger partial charge on any atom is 0.245 e. The van der Waals surface area contributed by atoms with E-state index in [-0.39, 0.29) is 6.04 Å². The number of furan rings is 1. The summed E-state index contributed by atoms with van der Waals surface area (Å²) in [6, 6.07) is 7.94. The molecular formula is C17H19ClN4O2. The SMILES string of the molecule is Cc1noc(C2CN(Cc3oc4ccccc4c3Cl)CCN2C)n1. The number of aromatic nitrogens is 2. The molecule has 0 spiro atoms. The van der Waals surface area contributed by atoms with Crippen molar-refractivity contribution in [3.8, 4) is 0 Å². The fourth-order valence-corrected chi connectivity index (χ4v) is 3.41. The van der Waals surface area contributed by atoms with Gasteiger partial charge in [0.15, 0.2) is 5.82 Å². The molecule has 0 amide bonds. The maximum atomic E-state index is 6.49. The normalized spacial score (nSPS) is 20.0. The Balaban J connectivity index is 1.54. The second-order valence-corrected chi connectivity index (χ2v) is 6.62. The molecule has 0 bridgehead atoms. The standard InChI is InChI=1S/C17H19ClN4O2/c1-11-19-17(24-20-11)13-9-22(8-7-21(13)2)10-15-16(18)12-5-3-4-6-14(12)23-15/h3-6,13H,7-10H2,1-2H3. The lowest BCUT2D eigenvalue weighted by molar-refractivity contribution is 0.0677. The van der Waals surface area contributed by atoms with Crippen molar-refractivity contribution >= 4 is 22.6 Å². The molecule has 126 valence electrons. The molecule has 0 radical (unpaired) electrons. The van der Waals surface area contributed by atoms with Gasteiger partial charge in [-0.25, -0.2) is 0 Å². The Morgan fingerprint density at radius 1 is 1.29 bits per heavy atom. The highest BCUT2D eigenvalue weighted by Crippen LogP contribution is 2.32. The van der Waals surface area contributed by atoms with Gasteiger partial charge in [0.05, 0.1) is 11.6 Å². The summed E-state index contributed by atoms with van der Waals surface area (Å²) in [5.41, 5.74) is 0.829. The molecule has 24 heavy (non-hydrogen) atoms. The van der Waals surface area contributed by atoms with Crippen molar-refractivity contribution in [2.45, 2.75) is 19.5 Å². The highest BCUT2D eigenvalue weighted by Gasteiger charge is 2.30. The van der Waals surface area contributed by atoms with Crippen LogP contribution in [0.4, 0.5) is 0 Å². The van der Waals surface area contributed by atoms with Gasteiger partial charge in [-0.2, -0.15) is 4.98 Å². The zero-order chi connectivity index (χ0) is 16.7. The van der Waals surface area contributed by atoms with Crippen LogP contribution in [0.1, 0.15) is 23.5 Å². The van der Waals surface area contributed by atoms with Crippen LogP contribution in [0.2, 0.25) is 5.02 Å². The molecule has 4 rings (SSSR count). The van der Waals surface area contributed by atoms with E-state index >= 15 is 0 Å². The predicted molar refractivity (Wildman–Crippen MR) is 90.9 cm³/mol. The van der Waals surface area contributed by atoms with E-state index in [4.69, 9.17) is 20.5 Å². The zero-order valence-corrected chi connectivity index (χ0v) is 14.5. The molecule has 0 N–H and O–H groups in total. The number of fused-ring (bicyclic) bond motifs is 1. The van der Waals surface area contributed by atoms with E-state index in [1.54, 1.807) is 0 Å². The second-order valence-electron chi connectivity index (χ2n) is 6.25. The van der Waals surface area contributed by atoms with E-state index in [2.05, 4.69) is 27.0 Å². The maximum absolute atomic E-state index is 6.49. The van der Waals surface area contributed by atoms with Crippen LogP contribution >= 0.6 is 11.6 Å². The summed E-state index contributed by atoms with van der Waals surface area (Å²) in [7, 11) is 2.08. The average Bonchev–Trinajstić information content (AvgIpc) is 3.14. The third-order valence-electron chi connectivity index (χ3n) is 4.53. The van der Waals surface area contributed by atoms with Gasteiger partial charge in [0.25, 0.3) is 0 Å². The van der Waals surface area contributed by atoms with Crippen LogP contribution in [0.3, 0.4) is 0 Å². The van der Waals surface area contributed by atoms with Crippen LogP contribution in [0, 0.1) is 6.92 Å². The molecule has 1 saturated heterocycles. The van der Waals surface area contributed by atoms with Crippen LogP contribution < -0.4 is 0 Å². The van der Waals surface area contributed by atoms with Gasteiger partial charge in [-0.1, -0.05) is 28.9 Å². The molecule has 1 atom stereocenters. The van der Waals surface area contributed by atoms with Gasteiger partial charge < -0.3 is 8.94 Å². The van der Waals surface area contributed by atoms with E-state index < -0.39 is 0 Å². The smallest absolute Gasteiger partial charge is 0.245 e. The molecule has 1 unspecified atom stereocenters. The van der Waals surface area contributed by atoms with Crippen LogP contribution in [0.5, 0.6) is 0 Å². The molecule has 1 aliphatic rings. The molecule has 0 aliphatic carbocycles. The number of piperazine rings is 1. The summed E-state index contributed by atoms with van der Waals surface area (Å²) >= 11 is 6.49. The Bertz CT molecular complexity index is 859. The Labute approximate surface area is 145 Å². The van der Waals surface area contributed by atoms with Gasteiger partial charge in [0, 0.05) is 25.0 Å². The van der Waals surface area contributed by atoms with Crippen molar-refractivity contribution in [1.82, 2.24) is 19.9 Å². The molecule has 1 fully saturated rings. The first kappa shape index (κ1) is 15.6. The van der Waals surface area contributed by atoms with Gasteiger partial charge in [-0.3, -0.25) is 9.80 Å². The van der Waals surface area contributed by atoms with E-state index in [0.29, 0.717) is 23.3 Å². The third kappa shape index (κ3) is 2.81. The van der Waals surface area contributed by atoms with Crippen molar-refractivity contribution < 1.29 is 8.94 Å². The lowest BCUT2D eigenvalue weighted by Gasteiger charge is -2.37. The second kappa shape index (κ2) is 6.20. The first-order valence-electron chi connectivity index (χ1n) is 8.00. The predicted octanol–water partition coefficient (Wildman–Crippen LogP) is 3.27. The minimum atomic E-state index is 0.0862. The van der Waals surface area contributed by atoms with Gasteiger partial charge in [-0.05, 0) is 26.1 Å². The molecule has 6 nitrogen and oxygen atoms in total. The zero-order valence-electron chi connectivity index (χ0n) is 13.7. The van der Waals surface area contributed by atoms with E-state index in [0.717, 1.165) is 36.4 Å². The summed E-state index contributed by atoms with van der Waals surface area (Å²) in [4.78, 5) is 8.94. The molecular weight excluding hydrogens is 328 g/mol. The summed E-state index contributed by atoms with van der Waals surface area (Å²) < 4.78 is 11.3. The van der Waals surface area contributed by atoms with E-state index in [1.165, 1.54) is 0 Å². The number of hydrogen-bond donors (Lipinski definition) is 0. The van der Waals surface area contributed by atoms with Gasteiger partial charge in [-0.15, -0.1) is 0 Å². The van der Waals surface area contributed by atoms with Crippen LogP contribution in [-0.4, -0.2) is 46.6 Å². The Morgan fingerprint density at radius 2 is 2.12 bits per heavy atom. The molecule has 1 aromatic carbocycles. The first-order chi connectivity index (χ1) is 11.6. The monoisotopic (exact) mass is 346 g/mol. The highest BCUT2D eigenvalue weighted by atomic mass is 35.5. The van der Waals surface area contributed by atoms with Crippen molar-refractivity contribution in [2.75, 3.05) is 26.7 Å². The van der Waals surface area contributed by atoms with Crippen molar-refractivity contribution in [1.29, 1.82) is 0 Å². The number of halogens is 1. The molecule has 0 saturated carbocycles. The number of para-hydroxylation sites is 1. The van der Waals surface area contributed by atoms with Gasteiger partial charge in [0.2, 0.25) is 5.89 Å². The molecule has 3 aromatic rings. The minimum absolute atomic E-state index is 0.0862. The van der Waals surface area contributed by atoms with Gasteiger partial charge in [0.1, 0.15) is 17.4 Å². The fourth-order valence-electron chi connectivity index (χ4n) is 3.16. The van der Waals surface area contributed by atoms with Crippen LogP contribution in [0.15, 0.2) is 33.2 Å². The molecule has 3 heterocycles. The minimum Gasteiger partial charge on any atom is -0.458 e. The van der Waals surface area contributed by atoms with E-state index in [9.17, 15) is 0 Å². The van der Waals surface area contributed by atoms with Crippen LogP contribution in [-0.2, 0) is 6.54 Å². The average molecular weight is 347 g/mol. The highest BCUT2D eigenvalue weighted by molar-refractivity contribution is 6.36. The first-order valence-corrected chi connectivity index (χ1v) is 8.38. The molecule has 2 aromatic heterocycles. The van der Waals surface area contributed by atoms with Crippen molar-refractivity contribution in [3.05, 3.63) is 46.8 Å². The van der Waals surface area contributed by atoms with Crippen molar-refractivity contribution in [2.24, 2.45) is 0 Å². The number of hydrogen-bond acceptors (Lipinski definition) is 6.